The number of hydrogen-bond acceptors (Lipinski definition) is 4. The molecule has 5 nitrogen and oxygen atoms in total. The molecule has 2 heterocycles. The molecule has 1 aromatic carbocycles. The number of likely N-dealkylation sites (N-methyl/N-ethyl adjacent to an activating group) is 1. The minimum atomic E-state index is -0.172. The van der Waals surface area contributed by atoms with Crippen LogP contribution in [0.5, 0.6) is 0 Å². The molecular formula is C18H21N3O2. The Morgan fingerprint density at radius 1 is 1.13 bits per heavy atom. The average Bonchev–Trinajstić information content (AvgIpc) is 3.08. The number of nitrogens with zero attached hydrogens (tertiary/aromatic N) is 2. The zero-order chi connectivity index (χ0) is 16.1. The molecule has 0 aliphatic carbocycles. The highest BCUT2D eigenvalue weighted by molar-refractivity contribution is 6.01. The van der Waals surface area contributed by atoms with Crippen LogP contribution in [0, 0.1) is 0 Å². The first kappa shape index (κ1) is 15.4. The summed E-state index contributed by atoms with van der Waals surface area (Å²) >= 11 is 0. The van der Waals surface area contributed by atoms with E-state index in [9.17, 15) is 4.79 Å². The molecule has 0 bridgehead atoms. The van der Waals surface area contributed by atoms with E-state index >= 15 is 0 Å². The number of carbonyl (C=O) groups is 1. The molecule has 1 aromatic heterocycles. The van der Waals surface area contributed by atoms with Crippen LogP contribution in [0.15, 0.2) is 53.2 Å². The maximum Gasteiger partial charge on any atom is 0.248 e. The van der Waals surface area contributed by atoms with Crippen LogP contribution in [0.1, 0.15) is 5.76 Å². The molecule has 0 saturated carbocycles. The van der Waals surface area contributed by atoms with E-state index in [-0.39, 0.29) is 5.91 Å². The second kappa shape index (κ2) is 7.15. The van der Waals surface area contributed by atoms with Crippen molar-refractivity contribution < 1.29 is 9.21 Å². The molecule has 23 heavy (non-hydrogen) atoms. The first-order valence-corrected chi connectivity index (χ1v) is 7.77. The minimum absolute atomic E-state index is 0.172. The standard InChI is InChI=1S/C18H21N3O2/c1-20-10-12-21(13-11-20)16-6-4-15(5-7-16)19-18(22)9-8-17-3-2-14-23-17/h2-9,14H,10-13H2,1H3,(H,19,22)/b9-8+. The molecule has 0 unspecified atom stereocenters. The molecule has 0 atom stereocenters. The lowest BCUT2D eigenvalue weighted by atomic mass is 10.2. The largest absolute Gasteiger partial charge is 0.465 e. The van der Waals surface area contributed by atoms with E-state index in [1.807, 2.05) is 12.1 Å². The van der Waals surface area contributed by atoms with E-state index in [1.54, 1.807) is 24.5 Å². The molecule has 1 N–H and O–H groups in total. The summed E-state index contributed by atoms with van der Waals surface area (Å²) in [5.41, 5.74) is 1.99. The summed E-state index contributed by atoms with van der Waals surface area (Å²) in [6.45, 7) is 4.23. The molecule has 1 aliphatic heterocycles. The van der Waals surface area contributed by atoms with Gasteiger partial charge in [-0.15, -0.1) is 0 Å². The van der Waals surface area contributed by atoms with E-state index in [4.69, 9.17) is 4.42 Å². The Kier molecular flexibility index (Phi) is 4.78. The normalized spacial score (nSPS) is 16.0. The second-order valence-corrected chi connectivity index (χ2v) is 5.68. The highest BCUT2D eigenvalue weighted by atomic mass is 16.3. The van der Waals surface area contributed by atoms with Crippen molar-refractivity contribution in [2.45, 2.75) is 0 Å². The SMILES string of the molecule is CN1CCN(c2ccc(NC(=O)/C=C/c3ccco3)cc2)CC1. The third-order valence-electron chi connectivity index (χ3n) is 3.95. The van der Waals surface area contributed by atoms with Crippen molar-refractivity contribution in [2.75, 3.05) is 43.4 Å². The monoisotopic (exact) mass is 311 g/mol. The zero-order valence-corrected chi connectivity index (χ0v) is 13.2. The van der Waals surface area contributed by atoms with Crippen molar-refractivity contribution in [1.29, 1.82) is 0 Å². The van der Waals surface area contributed by atoms with Gasteiger partial charge in [-0.05, 0) is 49.5 Å². The molecule has 120 valence electrons. The quantitative estimate of drug-likeness (QED) is 0.882. The van der Waals surface area contributed by atoms with Crippen molar-refractivity contribution in [3.8, 4) is 0 Å². The molecule has 5 heteroatoms. The molecule has 0 spiro atoms. The van der Waals surface area contributed by atoms with Crippen molar-refractivity contribution in [2.24, 2.45) is 0 Å². The lowest BCUT2D eigenvalue weighted by molar-refractivity contribution is -0.111. The molecule has 2 aromatic rings. The average molecular weight is 311 g/mol. The van der Waals surface area contributed by atoms with Crippen molar-refractivity contribution in [3.63, 3.8) is 0 Å². The van der Waals surface area contributed by atoms with Crippen molar-refractivity contribution in [1.82, 2.24) is 4.90 Å². The summed E-state index contributed by atoms with van der Waals surface area (Å²) in [4.78, 5) is 16.6. The number of hydrogen-bond donors (Lipinski definition) is 1. The molecule has 1 aliphatic rings. The second-order valence-electron chi connectivity index (χ2n) is 5.68. The summed E-state index contributed by atoms with van der Waals surface area (Å²) in [5, 5.41) is 2.85. The van der Waals surface area contributed by atoms with Gasteiger partial charge in [0.2, 0.25) is 5.91 Å². The van der Waals surface area contributed by atoms with E-state index in [2.05, 4.69) is 34.3 Å². The fourth-order valence-corrected chi connectivity index (χ4v) is 2.55. The molecule has 0 radical (unpaired) electrons. The Morgan fingerprint density at radius 2 is 1.87 bits per heavy atom. The Labute approximate surface area is 136 Å². The van der Waals surface area contributed by atoms with E-state index in [0.29, 0.717) is 5.76 Å². The molecule has 1 saturated heterocycles. The topological polar surface area (TPSA) is 48.7 Å². The van der Waals surface area contributed by atoms with E-state index in [1.165, 1.54) is 11.8 Å². The Morgan fingerprint density at radius 3 is 2.52 bits per heavy atom. The number of piperazine rings is 1. The predicted octanol–water partition coefficient (Wildman–Crippen LogP) is 2.68. The van der Waals surface area contributed by atoms with Crippen LogP contribution in [-0.4, -0.2) is 44.0 Å². The Hall–Kier alpha value is -2.53. The number of nitrogens with one attached hydrogen (secondary N) is 1. The van der Waals surface area contributed by atoms with Crippen molar-refractivity contribution in [3.05, 3.63) is 54.5 Å². The maximum absolute atomic E-state index is 11.9. The minimum Gasteiger partial charge on any atom is -0.465 e. The summed E-state index contributed by atoms with van der Waals surface area (Å²) in [7, 11) is 2.15. The number of amides is 1. The van der Waals surface area contributed by atoms with Crippen LogP contribution in [0.25, 0.3) is 6.08 Å². The highest BCUT2D eigenvalue weighted by Crippen LogP contribution is 2.19. The van der Waals surface area contributed by atoms with Gasteiger partial charge in [-0.1, -0.05) is 0 Å². The third-order valence-corrected chi connectivity index (χ3v) is 3.95. The van der Waals surface area contributed by atoms with Crippen molar-refractivity contribution >= 4 is 23.4 Å². The van der Waals surface area contributed by atoms with Gasteiger partial charge in [0.05, 0.1) is 6.26 Å². The number of furan rings is 1. The van der Waals surface area contributed by atoms with Gasteiger partial charge in [0, 0.05) is 43.6 Å². The lowest BCUT2D eigenvalue weighted by Crippen LogP contribution is -2.44. The fourth-order valence-electron chi connectivity index (χ4n) is 2.55. The maximum atomic E-state index is 11.9. The smallest absolute Gasteiger partial charge is 0.248 e. The molecular weight excluding hydrogens is 290 g/mol. The fraction of sp³-hybridized carbons (Fsp3) is 0.278. The van der Waals surface area contributed by atoms with Gasteiger partial charge in [0.25, 0.3) is 0 Å². The third kappa shape index (κ3) is 4.23. The molecule has 1 amide bonds. The van der Waals surface area contributed by atoms with Gasteiger partial charge in [-0.3, -0.25) is 4.79 Å². The Bertz CT molecular complexity index is 654. The van der Waals surface area contributed by atoms with Crippen LogP contribution >= 0.6 is 0 Å². The summed E-state index contributed by atoms with van der Waals surface area (Å²) in [6, 6.07) is 11.6. The Balaban J connectivity index is 1.56. The number of carbonyl (C=O) groups excluding carboxylic acids is 1. The van der Waals surface area contributed by atoms with Gasteiger partial charge in [0.1, 0.15) is 5.76 Å². The van der Waals surface area contributed by atoms with Crippen LogP contribution in [0.2, 0.25) is 0 Å². The van der Waals surface area contributed by atoms with Crippen LogP contribution in [-0.2, 0) is 4.79 Å². The first-order chi connectivity index (χ1) is 11.2. The predicted molar refractivity (Wildman–Crippen MR) is 92.5 cm³/mol. The zero-order valence-electron chi connectivity index (χ0n) is 13.2. The summed E-state index contributed by atoms with van der Waals surface area (Å²) in [5.74, 6) is 0.485. The summed E-state index contributed by atoms with van der Waals surface area (Å²) < 4.78 is 5.15. The highest BCUT2D eigenvalue weighted by Gasteiger charge is 2.13. The van der Waals surface area contributed by atoms with E-state index < -0.39 is 0 Å². The van der Waals surface area contributed by atoms with Crippen LogP contribution in [0.3, 0.4) is 0 Å². The van der Waals surface area contributed by atoms with Gasteiger partial charge in [-0.2, -0.15) is 0 Å². The lowest BCUT2D eigenvalue weighted by Gasteiger charge is -2.34. The van der Waals surface area contributed by atoms with Crippen LogP contribution < -0.4 is 10.2 Å². The number of rotatable bonds is 4. The first-order valence-electron chi connectivity index (χ1n) is 7.77. The molecule has 1 fully saturated rings. The molecule has 3 rings (SSSR count). The van der Waals surface area contributed by atoms with Gasteiger partial charge >= 0.3 is 0 Å². The number of anilines is 2. The van der Waals surface area contributed by atoms with Crippen LogP contribution in [0.4, 0.5) is 11.4 Å². The van der Waals surface area contributed by atoms with E-state index in [0.717, 1.165) is 31.9 Å². The van der Waals surface area contributed by atoms with Gasteiger partial charge < -0.3 is 19.5 Å². The van der Waals surface area contributed by atoms with Gasteiger partial charge in [-0.25, -0.2) is 0 Å². The van der Waals surface area contributed by atoms with Gasteiger partial charge in [0.15, 0.2) is 0 Å². The number of benzene rings is 1. The summed E-state index contributed by atoms with van der Waals surface area (Å²) in [6.07, 6.45) is 4.69.